The fourth-order valence-corrected chi connectivity index (χ4v) is 2.20. The summed E-state index contributed by atoms with van der Waals surface area (Å²) in [4.78, 5) is 0. The summed E-state index contributed by atoms with van der Waals surface area (Å²) in [6.07, 6.45) is -0.865. The molecule has 0 spiro atoms. The van der Waals surface area contributed by atoms with Crippen molar-refractivity contribution in [1.29, 1.82) is 0 Å². The quantitative estimate of drug-likeness (QED) is 0.847. The van der Waals surface area contributed by atoms with Crippen molar-refractivity contribution in [1.82, 2.24) is 0 Å². The average Bonchev–Trinajstić information content (AvgIpc) is 2.59. The van der Waals surface area contributed by atoms with Crippen molar-refractivity contribution < 1.29 is 9.52 Å². The average molecular weight is 366 g/mol. The van der Waals surface area contributed by atoms with Crippen molar-refractivity contribution in [2.75, 3.05) is 0 Å². The Hall–Kier alpha value is -0.290. The van der Waals surface area contributed by atoms with E-state index in [4.69, 9.17) is 16.0 Å². The van der Waals surface area contributed by atoms with Gasteiger partial charge in [0.15, 0.2) is 4.67 Å². The summed E-state index contributed by atoms with van der Waals surface area (Å²) >= 11 is 12.5. The third kappa shape index (κ3) is 2.35. The highest BCUT2D eigenvalue weighted by Gasteiger charge is 2.18. The summed E-state index contributed by atoms with van der Waals surface area (Å²) in [5.41, 5.74) is 0.623. The van der Waals surface area contributed by atoms with Gasteiger partial charge in [0.1, 0.15) is 11.9 Å². The Labute approximate surface area is 114 Å². The van der Waals surface area contributed by atoms with Crippen LogP contribution in [0.1, 0.15) is 17.4 Å². The Morgan fingerprint density at radius 1 is 1.25 bits per heavy atom. The van der Waals surface area contributed by atoms with Crippen LogP contribution in [0, 0.1) is 0 Å². The van der Waals surface area contributed by atoms with Gasteiger partial charge < -0.3 is 9.52 Å². The first-order chi connectivity index (χ1) is 7.59. The number of furan rings is 1. The lowest BCUT2D eigenvalue weighted by Crippen LogP contribution is -1.98. The van der Waals surface area contributed by atoms with E-state index in [0.29, 0.717) is 21.0 Å². The maximum Gasteiger partial charge on any atom is 0.183 e. The molecule has 2 nitrogen and oxygen atoms in total. The molecule has 0 radical (unpaired) electrons. The van der Waals surface area contributed by atoms with Crippen molar-refractivity contribution in [2.45, 2.75) is 6.10 Å². The molecule has 0 aliphatic heterocycles. The van der Waals surface area contributed by atoms with Gasteiger partial charge in [0, 0.05) is 10.6 Å². The molecule has 16 heavy (non-hydrogen) atoms. The molecular formula is C11H7Br2ClO2. The largest absolute Gasteiger partial charge is 0.450 e. The molecule has 1 atom stereocenters. The SMILES string of the molecule is OC(c1cc(Br)c(Br)o1)c1ccccc1Cl. The van der Waals surface area contributed by atoms with E-state index < -0.39 is 6.10 Å². The molecule has 0 aliphatic rings. The summed E-state index contributed by atoms with van der Waals surface area (Å²) in [5.74, 6) is 0.437. The van der Waals surface area contributed by atoms with Crippen molar-refractivity contribution in [3.63, 3.8) is 0 Å². The summed E-state index contributed by atoms with van der Waals surface area (Å²) in [5, 5.41) is 10.6. The minimum atomic E-state index is -0.865. The van der Waals surface area contributed by atoms with Gasteiger partial charge in [-0.3, -0.25) is 0 Å². The summed E-state index contributed by atoms with van der Waals surface area (Å²) in [6, 6.07) is 8.83. The van der Waals surface area contributed by atoms with Crippen LogP contribution in [0.4, 0.5) is 0 Å². The molecule has 0 bridgehead atoms. The van der Waals surface area contributed by atoms with Crippen LogP contribution in [0.25, 0.3) is 0 Å². The van der Waals surface area contributed by atoms with Gasteiger partial charge in [-0.2, -0.15) is 0 Å². The van der Waals surface area contributed by atoms with E-state index in [1.54, 1.807) is 18.2 Å². The van der Waals surface area contributed by atoms with Crippen LogP contribution in [0.3, 0.4) is 0 Å². The van der Waals surface area contributed by atoms with Gasteiger partial charge in [0.2, 0.25) is 0 Å². The van der Waals surface area contributed by atoms with E-state index in [1.165, 1.54) is 0 Å². The first-order valence-electron chi connectivity index (χ1n) is 4.47. The molecule has 1 heterocycles. The highest BCUT2D eigenvalue weighted by atomic mass is 79.9. The lowest BCUT2D eigenvalue weighted by Gasteiger charge is -2.09. The first-order valence-corrected chi connectivity index (χ1v) is 6.43. The maximum atomic E-state index is 10.1. The molecule has 0 fully saturated rings. The zero-order valence-corrected chi connectivity index (χ0v) is 11.9. The molecule has 0 amide bonds. The minimum absolute atomic E-state index is 0.437. The molecule has 5 heteroatoms. The Bertz CT molecular complexity index is 491. The third-order valence-electron chi connectivity index (χ3n) is 2.13. The second-order valence-electron chi connectivity index (χ2n) is 3.19. The second-order valence-corrected chi connectivity index (χ2v) is 5.18. The summed E-state index contributed by atoms with van der Waals surface area (Å²) < 4.78 is 6.65. The van der Waals surface area contributed by atoms with Gasteiger partial charge in [-0.25, -0.2) is 0 Å². The number of halogens is 3. The molecule has 0 aliphatic carbocycles. The van der Waals surface area contributed by atoms with Crippen LogP contribution >= 0.6 is 43.5 Å². The zero-order valence-electron chi connectivity index (χ0n) is 7.95. The molecular weight excluding hydrogens is 359 g/mol. The highest BCUT2D eigenvalue weighted by molar-refractivity contribution is 9.13. The van der Waals surface area contributed by atoms with Crippen LogP contribution in [-0.2, 0) is 0 Å². The number of hydrogen-bond donors (Lipinski definition) is 1. The van der Waals surface area contributed by atoms with Crippen LogP contribution in [0.5, 0.6) is 0 Å². The van der Waals surface area contributed by atoms with Gasteiger partial charge in [-0.15, -0.1) is 0 Å². The molecule has 1 unspecified atom stereocenters. The molecule has 1 aromatic carbocycles. The maximum absolute atomic E-state index is 10.1. The molecule has 84 valence electrons. The molecule has 1 aromatic heterocycles. The van der Waals surface area contributed by atoms with Crippen LogP contribution in [-0.4, -0.2) is 5.11 Å². The van der Waals surface area contributed by atoms with E-state index in [2.05, 4.69) is 31.9 Å². The summed E-state index contributed by atoms with van der Waals surface area (Å²) in [6.45, 7) is 0. The molecule has 0 saturated carbocycles. The van der Waals surface area contributed by atoms with Gasteiger partial charge in [-0.05, 0) is 44.0 Å². The van der Waals surface area contributed by atoms with Crippen molar-refractivity contribution in [3.05, 3.63) is 55.8 Å². The van der Waals surface area contributed by atoms with Gasteiger partial charge >= 0.3 is 0 Å². The lowest BCUT2D eigenvalue weighted by atomic mass is 10.1. The van der Waals surface area contributed by atoms with Gasteiger partial charge in [-0.1, -0.05) is 29.8 Å². The number of benzene rings is 1. The number of hydrogen-bond acceptors (Lipinski definition) is 2. The van der Waals surface area contributed by atoms with E-state index in [-0.39, 0.29) is 0 Å². The zero-order chi connectivity index (χ0) is 11.7. The van der Waals surface area contributed by atoms with Gasteiger partial charge in [0.25, 0.3) is 0 Å². The van der Waals surface area contributed by atoms with Crippen molar-refractivity contribution >= 4 is 43.5 Å². The standard InChI is InChI=1S/C11H7Br2ClO2/c12-7-5-9(16-11(7)13)10(15)6-3-1-2-4-8(6)14/h1-5,10,15H. The fourth-order valence-electron chi connectivity index (χ4n) is 1.35. The molecule has 2 rings (SSSR count). The Morgan fingerprint density at radius 2 is 1.94 bits per heavy atom. The van der Waals surface area contributed by atoms with Gasteiger partial charge in [0.05, 0.1) is 4.47 Å². The smallest absolute Gasteiger partial charge is 0.183 e. The molecule has 0 saturated heterocycles. The summed E-state index contributed by atoms with van der Waals surface area (Å²) in [7, 11) is 0. The van der Waals surface area contributed by atoms with E-state index in [9.17, 15) is 5.11 Å². The predicted octanol–water partition coefficient (Wildman–Crippen LogP) is 4.54. The molecule has 1 N–H and O–H groups in total. The fraction of sp³-hybridized carbons (Fsp3) is 0.0909. The van der Waals surface area contributed by atoms with Crippen molar-refractivity contribution in [3.8, 4) is 0 Å². The van der Waals surface area contributed by atoms with E-state index >= 15 is 0 Å². The van der Waals surface area contributed by atoms with E-state index in [0.717, 1.165) is 4.47 Å². The Kier molecular flexibility index (Phi) is 3.74. The molecule has 2 aromatic rings. The number of aliphatic hydroxyl groups excluding tert-OH is 1. The number of rotatable bonds is 2. The van der Waals surface area contributed by atoms with Crippen LogP contribution in [0.15, 0.2) is 43.9 Å². The highest BCUT2D eigenvalue weighted by Crippen LogP contribution is 2.34. The minimum Gasteiger partial charge on any atom is -0.450 e. The third-order valence-corrected chi connectivity index (χ3v) is 4.19. The second kappa shape index (κ2) is 4.92. The Balaban J connectivity index is 2.39. The first kappa shape index (κ1) is 12.2. The number of aliphatic hydroxyl groups is 1. The van der Waals surface area contributed by atoms with Crippen LogP contribution in [0.2, 0.25) is 5.02 Å². The Morgan fingerprint density at radius 3 is 2.50 bits per heavy atom. The van der Waals surface area contributed by atoms with Crippen LogP contribution < -0.4 is 0 Å². The lowest BCUT2D eigenvalue weighted by molar-refractivity contribution is 0.187. The van der Waals surface area contributed by atoms with E-state index in [1.807, 2.05) is 12.1 Å². The normalized spacial score (nSPS) is 12.8. The van der Waals surface area contributed by atoms with Crippen molar-refractivity contribution in [2.24, 2.45) is 0 Å². The monoisotopic (exact) mass is 364 g/mol. The predicted molar refractivity (Wildman–Crippen MR) is 69.6 cm³/mol. The topological polar surface area (TPSA) is 33.4 Å².